The molecule has 140 valence electrons. The van der Waals surface area contributed by atoms with Crippen molar-refractivity contribution in [3.63, 3.8) is 0 Å². The summed E-state index contributed by atoms with van der Waals surface area (Å²) in [7, 11) is 3.17. The highest BCUT2D eigenvalue weighted by Gasteiger charge is 2.16. The van der Waals surface area contributed by atoms with E-state index in [1.807, 2.05) is 60.7 Å². The SMILES string of the molecule is COc1cc(/C=N/N=C(/C(=O)c2ccccc2)c2ccccc2)cc(OC)c1. The van der Waals surface area contributed by atoms with Crippen molar-refractivity contribution < 1.29 is 14.3 Å². The van der Waals surface area contributed by atoms with Crippen molar-refractivity contribution in [1.29, 1.82) is 0 Å². The Morgan fingerprint density at radius 2 is 1.32 bits per heavy atom. The van der Waals surface area contributed by atoms with E-state index in [9.17, 15) is 4.79 Å². The van der Waals surface area contributed by atoms with Gasteiger partial charge in [-0.05, 0) is 12.1 Å². The average molecular weight is 372 g/mol. The van der Waals surface area contributed by atoms with Crippen molar-refractivity contribution in [1.82, 2.24) is 0 Å². The maximum Gasteiger partial charge on any atom is 0.213 e. The summed E-state index contributed by atoms with van der Waals surface area (Å²) in [5.74, 6) is 1.11. The number of Topliss-reactive ketones (excluding diaryl/α,β-unsaturated/α-hetero) is 1. The van der Waals surface area contributed by atoms with Crippen molar-refractivity contribution in [3.05, 3.63) is 95.6 Å². The number of ketones is 1. The lowest BCUT2D eigenvalue weighted by atomic mass is 10.0. The minimum absolute atomic E-state index is 0.188. The van der Waals surface area contributed by atoms with Crippen molar-refractivity contribution in [2.45, 2.75) is 0 Å². The number of benzene rings is 3. The fourth-order valence-corrected chi connectivity index (χ4v) is 2.61. The number of carbonyl (C=O) groups excluding carboxylic acids is 1. The van der Waals surface area contributed by atoms with Gasteiger partial charge in [-0.25, -0.2) is 0 Å². The van der Waals surface area contributed by atoms with E-state index in [1.54, 1.807) is 38.6 Å². The Labute approximate surface area is 164 Å². The molecular formula is C23H20N2O3. The van der Waals surface area contributed by atoms with E-state index in [0.717, 1.165) is 5.56 Å². The fraction of sp³-hybridized carbons (Fsp3) is 0.0870. The lowest BCUT2D eigenvalue weighted by molar-refractivity contribution is 0.106. The molecule has 0 saturated carbocycles. The molecular weight excluding hydrogens is 352 g/mol. The van der Waals surface area contributed by atoms with Gasteiger partial charge in [0, 0.05) is 22.8 Å². The van der Waals surface area contributed by atoms with Crippen molar-refractivity contribution in [2.24, 2.45) is 10.2 Å². The molecule has 28 heavy (non-hydrogen) atoms. The first-order valence-electron chi connectivity index (χ1n) is 8.70. The number of methoxy groups -OCH3 is 2. The summed E-state index contributed by atoms with van der Waals surface area (Å²) < 4.78 is 10.5. The predicted octanol–water partition coefficient (Wildman–Crippen LogP) is 4.41. The van der Waals surface area contributed by atoms with Gasteiger partial charge < -0.3 is 9.47 Å². The molecule has 0 aliphatic heterocycles. The monoisotopic (exact) mass is 372 g/mol. The summed E-state index contributed by atoms with van der Waals surface area (Å²) in [6.45, 7) is 0. The molecule has 0 bridgehead atoms. The van der Waals surface area contributed by atoms with E-state index < -0.39 is 0 Å². The number of hydrogen-bond acceptors (Lipinski definition) is 5. The van der Waals surface area contributed by atoms with Crippen LogP contribution in [0.5, 0.6) is 11.5 Å². The van der Waals surface area contributed by atoms with Crippen LogP contribution in [0.15, 0.2) is 89.1 Å². The van der Waals surface area contributed by atoms with Gasteiger partial charge >= 0.3 is 0 Å². The summed E-state index contributed by atoms with van der Waals surface area (Å²) >= 11 is 0. The van der Waals surface area contributed by atoms with Gasteiger partial charge in [-0.2, -0.15) is 5.10 Å². The predicted molar refractivity (Wildman–Crippen MR) is 111 cm³/mol. The van der Waals surface area contributed by atoms with Crippen molar-refractivity contribution >= 4 is 17.7 Å². The van der Waals surface area contributed by atoms with E-state index >= 15 is 0 Å². The van der Waals surface area contributed by atoms with E-state index in [2.05, 4.69) is 10.2 Å². The Bertz CT molecular complexity index is 975. The molecule has 0 N–H and O–H groups in total. The van der Waals surface area contributed by atoms with Crippen LogP contribution in [0.25, 0.3) is 0 Å². The number of carbonyl (C=O) groups is 1. The standard InChI is InChI=1S/C23H20N2O3/c1-27-20-13-17(14-21(15-20)28-2)16-24-25-22(18-9-5-3-6-10-18)23(26)19-11-7-4-8-12-19/h3-16H,1-2H3/b24-16+,25-22+. The lowest BCUT2D eigenvalue weighted by Crippen LogP contribution is -2.15. The third-order valence-corrected chi connectivity index (χ3v) is 4.04. The highest BCUT2D eigenvalue weighted by atomic mass is 16.5. The number of ether oxygens (including phenoxy) is 2. The molecule has 5 nitrogen and oxygen atoms in total. The molecule has 3 aromatic rings. The Kier molecular flexibility index (Phi) is 6.31. The summed E-state index contributed by atoms with van der Waals surface area (Å²) in [6.07, 6.45) is 1.56. The normalized spacial score (nSPS) is 11.4. The van der Waals surface area contributed by atoms with Crippen LogP contribution in [0.2, 0.25) is 0 Å². The van der Waals surface area contributed by atoms with Crippen LogP contribution >= 0.6 is 0 Å². The number of hydrogen-bond donors (Lipinski definition) is 0. The topological polar surface area (TPSA) is 60.2 Å². The zero-order valence-electron chi connectivity index (χ0n) is 15.7. The van der Waals surface area contributed by atoms with Crippen LogP contribution in [0, 0.1) is 0 Å². The molecule has 0 radical (unpaired) electrons. The molecule has 0 amide bonds. The van der Waals surface area contributed by atoms with Crippen molar-refractivity contribution in [2.75, 3.05) is 14.2 Å². The van der Waals surface area contributed by atoms with Gasteiger partial charge in [-0.15, -0.1) is 5.10 Å². The maximum atomic E-state index is 12.9. The highest BCUT2D eigenvalue weighted by molar-refractivity contribution is 6.51. The fourth-order valence-electron chi connectivity index (χ4n) is 2.61. The second kappa shape index (κ2) is 9.28. The van der Waals surface area contributed by atoms with Crippen molar-refractivity contribution in [3.8, 4) is 11.5 Å². The largest absolute Gasteiger partial charge is 0.497 e. The van der Waals surface area contributed by atoms with Crippen LogP contribution in [0.4, 0.5) is 0 Å². The van der Waals surface area contributed by atoms with Gasteiger partial charge in [-0.3, -0.25) is 4.79 Å². The Balaban J connectivity index is 1.96. The van der Waals surface area contributed by atoms with E-state index in [1.165, 1.54) is 0 Å². The molecule has 0 atom stereocenters. The summed E-state index contributed by atoms with van der Waals surface area (Å²) in [5.41, 5.74) is 2.29. The molecule has 0 fully saturated rings. The van der Waals surface area contributed by atoms with E-state index in [0.29, 0.717) is 22.6 Å². The van der Waals surface area contributed by atoms with Crippen LogP contribution < -0.4 is 9.47 Å². The van der Waals surface area contributed by atoms with Gasteiger partial charge in [-0.1, -0.05) is 60.7 Å². The molecule has 0 aliphatic rings. The first-order valence-corrected chi connectivity index (χ1v) is 8.70. The molecule has 0 aromatic heterocycles. The lowest BCUT2D eigenvalue weighted by Gasteiger charge is -2.06. The molecule has 0 aliphatic carbocycles. The Morgan fingerprint density at radius 3 is 1.86 bits per heavy atom. The molecule has 0 unspecified atom stereocenters. The average Bonchev–Trinajstić information content (AvgIpc) is 2.77. The molecule has 0 spiro atoms. The zero-order chi connectivity index (χ0) is 19.8. The van der Waals surface area contributed by atoms with Gasteiger partial charge in [0.05, 0.1) is 20.4 Å². The number of nitrogens with zero attached hydrogens (tertiary/aromatic N) is 2. The second-order valence-corrected chi connectivity index (χ2v) is 5.90. The molecule has 0 saturated heterocycles. The Hall–Kier alpha value is -3.73. The summed E-state index contributed by atoms with van der Waals surface area (Å²) in [6, 6.07) is 23.7. The quantitative estimate of drug-likeness (QED) is 0.351. The van der Waals surface area contributed by atoms with E-state index in [-0.39, 0.29) is 11.5 Å². The van der Waals surface area contributed by atoms with Crippen LogP contribution in [-0.2, 0) is 0 Å². The van der Waals surface area contributed by atoms with Crippen LogP contribution in [0.1, 0.15) is 21.5 Å². The smallest absolute Gasteiger partial charge is 0.213 e. The maximum absolute atomic E-state index is 12.9. The zero-order valence-corrected chi connectivity index (χ0v) is 15.7. The minimum atomic E-state index is -0.188. The molecule has 5 heteroatoms. The third kappa shape index (κ3) is 4.71. The summed E-state index contributed by atoms with van der Waals surface area (Å²) in [5, 5.41) is 8.38. The number of rotatable bonds is 7. The molecule has 0 heterocycles. The van der Waals surface area contributed by atoms with E-state index in [4.69, 9.17) is 9.47 Å². The van der Waals surface area contributed by atoms with Gasteiger partial charge in [0.25, 0.3) is 0 Å². The highest BCUT2D eigenvalue weighted by Crippen LogP contribution is 2.21. The first-order chi connectivity index (χ1) is 13.7. The van der Waals surface area contributed by atoms with Crippen LogP contribution in [-0.4, -0.2) is 31.9 Å². The summed E-state index contributed by atoms with van der Waals surface area (Å²) in [4.78, 5) is 12.9. The third-order valence-electron chi connectivity index (χ3n) is 4.04. The minimum Gasteiger partial charge on any atom is -0.497 e. The van der Waals surface area contributed by atoms with Gasteiger partial charge in [0.1, 0.15) is 17.2 Å². The van der Waals surface area contributed by atoms with Crippen LogP contribution in [0.3, 0.4) is 0 Å². The molecule has 3 rings (SSSR count). The van der Waals surface area contributed by atoms with Gasteiger partial charge in [0.15, 0.2) is 0 Å². The second-order valence-electron chi connectivity index (χ2n) is 5.90. The Morgan fingerprint density at radius 1 is 0.786 bits per heavy atom. The van der Waals surface area contributed by atoms with Gasteiger partial charge in [0.2, 0.25) is 5.78 Å². The molecule has 3 aromatic carbocycles. The first kappa shape index (κ1) is 19.0.